The molecule has 8 heteroatoms. The number of benzene rings is 2. The maximum Gasteiger partial charge on any atom is 0.412 e. The first kappa shape index (κ1) is 21.3. The SMILES string of the molecule is CC(=O)N1CCc2cc(C(=O)Nc3cc(F)ccc3NC(=O)OC(C)(C)C)ccc21. The maximum atomic E-state index is 13.8. The van der Waals surface area contributed by atoms with Gasteiger partial charge in [0, 0.05) is 24.7 Å². The molecule has 158 valence electrons. The third-order valence-corrected chi connectivity index (χ3v) is 4.48. The minimum atomic E-state index is -0.716. The van der Waals surface area contributed by atoms with Gasteiger partial charge in [-0.3, -0.25) is 14.9 Å². The van der Waals surface area contributed by atoms with Crippen LogP contribution in [0.15, 0.2) is 36.4 Å². The van der Waals surface area contributed by atoms with Crippen LogP contribution < -0.4 is 15.5 Å². The van der Waals surface area contributed by atoms with Crippen LogP contribution in [0.4, 0.5) is 26.2 Å². The smallest absolute Gasteiger partial charge is 0.412 e. The molecule has 0 aromatic heterocycles. The Morgan fingerprint density at radius 3 is 2.43 bits per heavy atom. The van der Waals surface area contributed by atoms with E-state index in [1.165, 1.54) is 19.1 Å². The normalized spacial score (nSPS) is 12.9. The Morgan fingerprint density at radius 1 is 1.03 bits per heavy atom. The second kappa shape index (κ2) is 8.14. The van der Waals surface area contributed by atoms with E-state index in [-0.39, 0.29) is 17.3 Å². The summed E-state index contributed by atoms with van der Waals surface area (Å²) >= 11 is 0. The lowest BCUT2D eigenvalue weighted by Crippen LogP contribution is -2.27. The first-order valence-corrected chi connectivity index (χ1v) is 9.55. The number of amides is 3. The summed E-state index contributed by atoms with van der Waals surface area (Å²) in [5.74, 6) is -1.08. The Hall–Kier alpha value is -3.42. The van der Waals surface area contributed by atoms with Gasteiger partial charge in [-0.05, 0) is 69.2 Å². The summed E-state index contributed by atoms with van der Waals surface area (Å²) in [5, 5.41) is 5.16. The Labute approximate surface area is 174 Å². The van der Waals surface area contributed by atoms with Crippen molar-refractivity contribution in [3.63, 3.8) is 0 Å². The van der Waals surface area contributed by atoms with Crippen LogP contribution in [-0.4, -0.2) is 30.1 Å². The lowest BCUT2D eigenvalue weighted by atomic mass is 10.1. The first-order valence-electron chi connectivity index (χ1n) is 9.55. The van der Waals surface area contributed by atoms with Crippen molar-refractivity contribution in [3.8, 4) is 0 Å². The van der Waals surface area contributed by atoms with Gasteiger partial charge in [-0.1, -0.05) is 0 Å². The lowest BCUT2D eigenvalue weighted by molar-refractivity contribution is -0.116. The zero-order valence-electron chi connectivity index (χ0n) is 17.3. The molecule has 0 aliphatic carbocycles. The molecule has 0 atom stereocenters. The van der Waals surface area contributed by atoms with Gasteiger partial charge in [0.05, 0.1) is 11.4 Å². The molecule has 30 heavy (non-hydrogen) atoms. The Bertz CT molecular complexity index is 1010. The molecule has 1 heterocycles. The third kappa shape index (κ3) is 4.94. The van der Waals surface area contributed by atoms with Gasteiger partial charge in [-0.2, -0.15) is 0 Å². The number of carbonyl (C=O) groups excluding carboxylic acids is 3. The number of hydrogen-bond donors (Lipinski definition) is 2. The fraction of sp³-hybridized carbons (Fsp3) is 0.318. The summed E-state index contributed by atoms with van der Waals surface area (Å²) in [6, 6.07) is 8.69. The third-order valence-electron chi connectivity index (χ3n) is 4.48. The number of carbonyl (C=O) groups is 3. The summed E-state index contributed by atoms with van der Waals surface area (Å²) < 4.78 is 19.0. The summed E-state index contributed by atoms with van der Waals surface area (Å²) in [7, 11) is 0. The van der Waals surface area contributed by atoms with Crippen molar-refractivity contribution in [1.82, 2.24) is 0 Å². The van der Waals surface area contributed by atoms with Gasteiger partial charge in [0.1, 0.15) is 11.4 Å². The number of nitrogens with zero attached hydrogens (tertiary/aromatic N) is 1. The number of rotatable bonds is 3. The van der Waals surface area contributed by atoms with Crippen LogP contribution in [-0.2, 0) is 16.0 Å². The molecule has 3 rings (SSSR count). The van der Waals surface area contributed by atoms with E-state index in [9.17, 15) is 18.8 Å². The zero-order chi connectivity index (χ0) is 22.1. The van der Waals surface area contributed by atoms with Crippen molar-refractivity contribution >= 4 is 35.0 Å². The van der Waals surface area contributed by atoms with Crippen molar-refractivity contribution in [2.75, 3.05) is 22.1 Å². The lowest BCUT2D eigenvalue weighted by Gasteiger charge is -2.20. The van der Waals surface area contributed by atoms with Gasteiger partial charge in [0.25, 0.3) is 5.91 Å². The molecule has 0 bridgehead atoms. The minimum Gasteiger partial charge on any atom is -0.444 e. The fourth-order valence-corrected chi connectivity index (χ4v) is 3.21. The van der Waals surface area contributed by atoms with Crippen LogP contribution in [0.1, 0.15) is 43.6 Å². The molecule has 7 nitrogen and oxygen atoms in total. The van der Waals surface area contributed by atoms with E-state index >= 15 is 0 Å². The molecular formula is C22H24FN3O4. The molecule has 0 unspecified atom stereocenters. The number of halogens is 1. The number of fused-ring (bicyclic) bond motifs is 1. The van der Waals surface area contributed by atoms with Crippen molar-refractivity contribution in [2.45, 2.75) is 39.7 Å². The summed E-state index contributed by atoms with van der Waals surface area (Å²) in [6.07, 6.45) is -0.0620. The van der Waals surface area contributed by atoms with Crippen molar-refractivity contribution in [1.29, 1.82) is 0 Å². The van der Waals surface area contributed by atoms with Crippen LogP contribution in [0, 0.1) is 5.82 Å². The highest BCUT2D eigenvalue weighted by Gasteiger charge is 2.23. The molecule has 0 radical (unpaired) electrons. The quantitative estimate of drug-likeness (QED) is 0.784. The molecule has 3 amide bonds. The minimum absolute atomic E-state index is 0.0522. The number of ether oxygens (including phenoxy) is 1. The summed E-state index contributed by atoms with van der Waals surface area (Å²) in [5.41, 5.74) is 1.67. The van der Waals surface area contributed by atoms with Crippen LogP contribution in [0.2, 0.25) is 0 Å². The van der Waals surface area contributed by atoms with Crippen LogP contribution in [0.5, 0.6) is 0 Å². The molecular weight excluding hydrogens is 389 g/mol. The maximum absolute atomic E-state index is 13.8. The number of anilines is 3. The topological polar surface area (TPSA) is 87.7 Å². The predicted molar refractivity (Wildman–Crippen MR) is 112 cm³/mol. The van der Waals surface area contributed by atoms with Gasteiger partial charge < -0.3 is 15.0 Å². The highest BCUT2D eigenvalue weighted by Crippen LogP contribution is 2.30. The molecule has 1 aliphatic rings. The van der Waals surface area contributed by atoms with E-state index in [1.54, 1.807) is 43.9 Å². The molecule has 0 saturated carbocycles. The van der Waals surface area contributed by atoms with Gasteiger partial charge in [0.2, 0.25) is 5.91 Å². The molecule has 1 aliphatic heterocycles. The highest BCUT2D eigenvalue weighted by atomic mass is 19.1. The second-order valence-corrected chi connectivity index (χ2v) is 8.04. The van der Waals surface area contributed by atoms with E-state index in [2.05, 4.69) is 10.6 Å². The molecule has 0 fully saturated rings. The standard InChI is InChI=1S/C22H24FN3O4/c1-13(27)26-10-9-14-11-15(5-8-19(14)26)20(28)24-18-12-16(23)6-7-17(18)25-21(29)30-22(2,3)4/h5-8,11-12H,9-10H2,1-4H3,(H,24,28)(H,25,29). The van der Waals surface area contributed by atoms with E-state index in [4.69, 9.17) is 4.74 Å². The van der Waals surface area contributed by atoms with E-state index < -0.39 is 23.4 Å². The molecule has 0 spiro atoms. The highest BCUT2D eigenvalue weighted by molar-refractivity contribution is 6.07. The predicted octanol–water partition coefficient (Wildman–Crippen LogP) is 4.33. The van der Waals surface area contributed by atoms with E-state index in [0.29, 0.717) is 18.5 Å². The second-order valence-electron chi connectivity index (χ2n) is 8.04. The molecule has 2 N–H and O–H groups in total. The zero-order valence-corrected chi connectivity index (χ0v) is 17.3. The van der Waals surface area contributed by atoms with E-state index in [0.717, 1.165) is 17.3 Å². The van der Waals surface area contributed by atoms with Crippen LogP contribution in [0.25, 0.3) is 0 Å². The fourth-order valence-electron chi connectivity index (χ4n) is 3.21. The van der Waals surface area contributed by atoms with E-state index in [1.807, 2.05) is 0 Å². The average Bonchev–Trinajstić information content (AvgIpc) is 3.05. The molecule has 2 aromatic carbocycles. The largest absolute Gasteiger partial charge is 0.444 e. The Balaban J connectivity index is 1.79. The molecule has 0 saturated heterocycles. The first-order chi connectivity index (χ1) is 14.0. The van der Waals surface area contributed by atoms with Gasteiger partial charge in [0.15, 0.2) is 0 Å². The molecule has 2 aromatic rings. The number of hydrogen-bond acceptors (Lipinski definition) is 4. The Morgan fingerprint density at radius 2 is 1.77 bits per heavy atom. The van der Waals surface area contributed by atoms with Crippen LogP contribution in [0.3, 0.4) is 0 Å². The van der Waals surface area contributed by atoms with Gasteiger partial charge in [-0.25, -0.2) is 9.18 Å². The van der Waals surface area contributed by atoms with Crippen molar-refractivity contribution < 1.29 is 23.5 Å². The van der Waals surface area contributed by atoms with Crippen LogP contribution >= 0.6 is 0 Å². The summed E-state index contributed by atoms with van der Waals surface area (Å²) in [6.45, 7) is 7.24. The average molecular weight is 413 g/mol. The van der Waals surface area contributed by atoms with Crippen molar-refractivity contribution in [2.24, 2.45) is 0 Å². The number of nitrogens with one attached hydrogen (secondary N) is 2. The monoisotopic (exact) mass is 413 g/mol. The Kier molecular flexibility index (Phi) is 5.78. The summed E-state index contributed by atoms with van der Waals surface area (Å²) in [4.78, 5) is 38.2. The van der Waals surface area contributed by atoms with Gasteiger partial charge >= 0.3 is 6.09 Å². The van der Waals surface area contributed by atoms with Crippen molar-refractivity contribution in [3.05, 3.63) is 53.3 Å². The van der Waals surface area contributed by atoms with Gasteiger partial charge in [-0.15, -0.1) is 0 Å².